The standard InChI is InChI=1S/C51H30N4OS.C45H26N4OS/c1-3-13-31(14-4-1)32-25-27-33(28-26-32)49-52-50(38-20-12-24-46-47(38)37-18-8-10-23-45(37)57-46)54-51(53-49)39-21-11-19-36-41-29-43-40(30-44(41)56-48(36)39)35-17-7-9-22-42(35)55(43)34-15-5-2-6-16-34;1-3-13-27(14-4-1)43-46-44(32-20-12-24-40-41(32)31-18-8-10-23-39(31)51-40)48-45(47-43)33-21-11-19-30-35-25-37-34(26-38(35)50-42(30)33)29-17-7-9-22-36(29)49(37)28-15-5-2-6-16-28/h1-30H;1-26H. The van der Waals surface area contributed by atoms with E-state index in [1.165, 1.54) is 40.3 Å². The average Bonchev–Trinajstić information content (AvgIpc) is 1.58. The van der Waals surface area contributed by atoms with Crippen LogP contribution in [0.15, 0.2) is 349 Å². The molecule has 0 aliphatic rings. The molecule has 23 rings (SSSR count). The summed E-state index contributed by atoms with van der Waals surface area (Å²) >= 11 is 3.58. The molecule has 8 aromatic heterocycles. The van der Waals surface area contributed by atoms with Crippen LogP contribution >= 0.6 is 22.7 Å². The SMILES string of the molecule is c1ccc(-c2ccc(-c3nc(-c4cccc5c4oc4cc6c7ccccc7n(-c7ccccc7)c6cc45)nc(-c4cccc5sc6ccccc6c45)n3)cc2)cc1.c1ccc(-c2nc(-c3cccc4c3oc3cc5c6ccccc6n(-c6ccccc6)c5cc34)nc(-c3cccc4sc5ccccc5c34)n2)cc1. The summed E-state index contributed by atoms with van der Waals surface area (Å²) in [7, 11) is 0. The molecular weight excluding hydrogens is 1360 g/mol. The first-order valence-corrected chi connectivity index (χ1v) is 37.6. The van der Waals surface area contributed by atoms with E-state index in [0.717, 1.165) is 143 Å². The van der Waals surface area contributed by atoms with Crippen molar-refractivity contribution < 1.29 is 8.83 Å². The van der Waals surface area contributed by atoms with Gasteiger partial charge in [0.2, 0.25) is 0 Å². The van der Waals surface area contributed by atoms with Crippen LogP contribution in [0.5, 0.6) is 0 Å². The lowest BCUT2D eigenvalue weighted by atomic mass is 10.0. The van der Waals surface area contributed by atoms with Crippen LogP contribution in [0, 0.1) is 0 Å². The summed E-state index contributed by atoms with van der Waals surface area (Å²) in [5.41, 5.74) is 17.7. The van der Waals surface area contributed by atoms with Gasteiger partial charge in [0.25, 0.3) is 0 Å². The number of thiophene rings is 2. The molecule has 0 radical (unpaired) electrons. The first-order chi connectivity index (χ1) is 53.5. The molecule has 8 heterocycles. The maximum atomic E-state index is 6.87. The van der Waals surface area contributed by atoms with Crippen LogP contribution in [0.3, 0.4) is 0 Å². The highest BCUT2D eigenvalue weighted by atomic mass is 32.1. The summed E-state index contributed by atoms with van der Waals surface area (Å²) in [5, 5.41) is 13.5. The Morgan fingerprint density at radius 2 is 0.537 bits per heavy atom. The minimum absolute atomic E-state index is 0.562. The van der Waals surface area contributed by atoms with Gasteiger partial charge in [0.05, 0.1) is 33.2 Å². The lowest BCUT2D eigenvalue weighted by Crippen LogP contribution is -2.00. The van der Waals surface area contributed by atoms with E-state index in [4.69, 9.17) is 38.7 Å². The molecule has 0 N–H and O–H groups in total. The molecule has 0 saturated heterocycles. The van der Waals surface area contributed by atoms with Gasteiger partial charge in [-0.05, 0) is 108 Å². The highest BCUT2D eigenvalue weighted by Crippen LogP contribution is 2.47. The third kappa shape index (κ3) is 9.99. The number of hydrogen-bond donors (Lipinski definition) is 0. The van der Waals surface area contributed by atoms with Crippen LogP contribution in [0.4, 0.5) is 0 Å². The van der Waals surface area contributed by atoms with Crippen LogP contribution in [0.1, 0.15) is 0 Å². The van der Waals surface area contributed by atoms with Crippen molar-refractivity contribution in [3.05, 3.63) is 340 Å². The summed E-state index contributed by atoms with van der Waals surface area (Å²) in [6.45, 7) is 0. The predicted octanol–water partition coefficient (Wildman–Crippen LogP) is 26.1. The molecule has 0 saturated carbocycles. The van der Waals surface area contributed by atoms with Crippen molar-refractivity contribution in [1.82, 2.24) is 39.0 Å². The molecule has 15 aromatic carbocycles. The van der Waals surface area contributed by atoms with E-state index in [-0.39, 0.29) is 0 Å². The van der Waals surface area contributed by atoms with Gasteiger partial charge in [-0.2, -0.15) is 0 Å². The number of furan rings is 2. The fourth-order valence-corrected chi connectivity index (χ4v) is 18.3. The van der Waals surface area contributed by atoms with Crippen LogP contribution in [-0.4, -0.2) is 39.0 Å². The fourth-order valence-electron chi connectivity index (χ4n) is 16.0. The Morgan fingerprint density at radius 3 is 1.00 bits per heavy atom. The molecule has 504 valence electrons. The zero-order valence-electron chi connectivity index (χ0n) is 57.5. The van der Waals surface area contributed by atoms with E-state index in [1.54, 1.807) is 22.7 Å². The minimum Gasteiger partial charge on any atom is -0.455 e. The monoisotopic (exact) mass is 1420 g/mol. The van der Waals surface area contributed by atoms with Gasteiger partial charge in [0, 0.05) is 117 Å². The summed E-state index contributed by atoms with van der Waals surface area (Å²) in [6.07, 6.45) is 0. The normalized spacial score (nSPS) is 11.9. The molecule has 23 aromatic rings. The maximum Gasteiger partial charge on any atom is 0.167 e. The quantitative estimate of drug-likeness (QED) is 0.140. The molecule has 0 aliphatic heterocycles. The number of benzene rings is 15. The van der Waals surface area contributed by atoms with Gasteiger partial charge in [-0.3, -0.25) is 0 Å². The lowest BCUT2D eigenvalue weighted by molar-refractivity contribution is 0.669. The van der Waals surface area contributed by atoms with Crippen molar-refractivity contribution >= 4 is 151 Å². The summed E-state index contributed by atoms with van der Waals surface area (Å²) < 4.78 is 23.2. The van der Waals surface area contributed by atoms with Crippen LogP contribution < -0.4 is 0 Å². The number of aromatic nitrogens is 8. The van der Waals surface area contributed by atoms with Crippen molar-refractivity contribution in [2.45, 2.75) is 0 Å². The first kappa shape index (κ1) is 61.4. The van der Waals surface area contributed by atoms with Crippen molar-refractivity contribution in [3.63, 3.8) is 0 Å². The Kier molecular flexibility index (Phi) is 14.1. The van der Waals surface area contributed by atoms with Crippen molar-refractivity contribution in [2.24, 2.45) is 0 Å². The largest absolute Gasteiger partial charge is 0.455 e. The zero-order chi connectivity index (χ0) is 70.9. The Morgan fingerprint density at radius 1 is 0.213 bits per heavy atom. The van der Waals surface area contributed by atoms with E-state index >= 15 is 0 Å². The van der Waals surface area contributed by atoms with Crippen LogP contribution in [0.2, 0.25) is 0 Å². The van der Waals surface area contributed by atoms with Gasteiger partial charge >= 0.3 is 0 Å². The number of fused-ring (bicyclic) bond motifs is 18. The molecular formula is C96H56N8O2S2. The Labute approximate surface area is 624 Å². The van der Waals surface area contributed by atoms with Crippen LogP contribution in [0.25, 0.3) is 219 Å². The molecule has 0 atom stereocenters. The van der Waals surface area contributed by atoms with Gasteiger partial charge in [-0.15, -0.1) is 22.7 Å². The van der Waals surface area contributed by atoms with Gasteiger partial charge in [0.1, 0.15) is 22.3 Å². The molecule has 0 bridgehead atoms. The second-order valence-corrected chi connectivity index (χ2v) is 29.3. The Hall–Kier alpha value is -14.0. The molecule has 108 heavy (non-hydrogen) atoms. The number of para-hydroxylation sites is 6. The third-order valence-corrected chi connectivity index (χ3v) is 23.2. The number of hydrogen-bond acceptors (Lipinski definition) is 10. The van der Waals surface area contributed by atoms with E-state index in [2.05, 4.69) is 312 Å². The van der Waals surface area contributed by atoms with E-state index in [9.17, 15) is 0 Å². The van der Waals surface area contributed by atoms with Gasteiger partial charge in [-0.25, -0.2) is 29.9 Å². The molecule has 12 heteroatoms. The highest BCUT2D eigenvalue weighted by Gasteiger charge is 2.25. The van der Waals surface area contributed by atoms with Crippen molar-refractivity contribution in [2.75, 3.05) is 0 Å². The van der Waals surface area contributed by atoms with Crippen LogP contribution in [-0.2, 0) is 0 Å². The van der Waals surface area contributed by atoms with Gasteiger partial charge in [-0.1, -0.05) is 243 Å². The average molecular weight is 1420 g/mol. The second kappa shape index (κ2) is 24.8. The smallest absolute Gasteiger partial charge is 0.167 e. The minimum atomic E-state index is 0.562. The van der Waals surface area contributed by atoms with E-state index in [0.29, 0.717) is 34.9 Å². The van der Waals surface area contributed by atoms with E-state index < -0.39 is 0 Å². The molecule has 10 nitrogen and oxygen atoms in total. The van der Waals surface area contributed by atoms with Crippen molar-refractivity contribution in [3.8, 4) is 90.8 Å². The number of nitrogens with zero attached hydrogens (tertiary/aromatic N) is 8. The first-order valence-electron chi connectivity index (χ1n) is 36.0. The predicted molar refractivity (Wildman–Crippen MR) is 447 cm³/mol. The molecule has 0 aliphatic carbocycles. The maximum absolute atomic E-state index is 6.87. The number of rotatable bonds is 9. The molecule has 0 spiro atoms. The molecule has 0 unspecified atom stereocenters. The highest BCUT2D eigenvalue weighted by molar-refractivity contribution is 7.26. The Balaban J connectivity index is 0.000000135. The molecule has 0 amide bonds. The zero-order valence-corrected chi connectivity index (χ0v) is 59.2. The summed E-state index contributed by atoms with van der Waals surface area (Å²) in [6, 6.07) is 119. The van der Waals surface area contributed by atoms with E-state index in [1.807, 2.05) is 36.4 Å². The van der Waals surface area contributed by atoms with Gasteiger partial charge < -0.3 is 18.0 Å². The third-order valence-electron chi connectivity index (χ3n) is 20.9. The lowest BCUT2D eigenvalue weighted by Gasteiger charge is -2.10. The molecule has 0 fully saturated rings. The summed E-state index contributed by atoms with van der Waals surface area (Å²) in [4.78, 5) is 31.1. The Bertz CT molecular complexity index is 7550. The summed E-state index contributed by atoms with van der Waals surface area (Å²) in [5.74, 6) is 3.62. The topological polar surface area (TPSA) is 113 Å². The van der Waals surface area contributed by atoms with Crippen molar-refractivity contribution in [1.29, 1.82) is 0 Å². The fraction of sp³-hybridized carbons (Fsp3) is 0. The second-order valence-electron chi connectivity index (χ2n) is 27.2. The van der Waals surface area contributed by atoms with Gasteiger partial charge in [0.15, 0.2) is 34.9 Å².